The largest absolute Gasteiger partial charge is 0.378 e. The van der Waals surface area contributed by atoms with Gasteiger partial charge in [0.05, 0.1) is 37.1 Å². The lowest BCUT2D eigenvalue weighted by atomic mass is 10.1. The van der Waals surface area contributed by atoms with Crippen LogP contribution in [-0.2, 0) is 19.6 Å². The van der Waals surface area contributed by atoms with Crippen molar-refractivity contribution in [1.29, 1.82) is 0 Å². The topological polar surface area (TPSA) is 104 Å². The zero-order valence-electron chi connectivity index (χ0n) is 18.6. The molecule has 1 amide bonds. The predicted octanol–water partition coefficient (Wildman–Crippen LogP) is 2.97. The molecule has 1 aromatic heterocycles. The Kier molecular flexibility index (Phi) is 6.87. The fraction of sp³-hybridized carbons (Fsp3) is 0.318. The molecule has 0 saturated carbocycles. The van der Waals surface area contributed by atoms with Crippen LogP contribution in [0.1, 0.15) is 6.92 Å². The summed E-state index contributed by atoms with van der Waals surface area (Å²) >= 11 is 6.06. The third-order valence-electron chi connectivity index (χ3n) is 5.29. The third-order valence-corrected chi connectivity index (χ3v) is 6.12. The van der Waals surface area contributed by atoms with Crippen molar-refractivity contribution in [3.05, 3.63) is 53.1 Å². The number of benzene rings is 1. The van der Waals surface area contributed by atoms with Gasteiger partial charge in [0.2, 0.25) is 21.7 Å². The van der Waals surface area contributed by atoms with Crippen molar-refractivity contribution in [3.63, 3.8) is 0 Å². The molecule has 1 saturated heterocycles. The van der Waals surface area contributed by atoms with Gasteiger partial charge in [-0.1, -0.05) is 11.6 Å². The number of rotatable bonds is 6. The van der Waals surface area contributed by atoms with Gasteiger partial charge in [-0.15, -0.1) is 0 Å². The number of amides is 1. The number of aromatic nitrogens is 1. The van der Waals surface area contributed by atoms with Gasteiger partial charge in [0.25, 0.3) is 0 Å². The second-order valence-corrected chi connectivity index (χ2v) is 10.2. The van der Waals surface area contributed by atoms with E-state index in [1.807, 2.05) is 4.90 Å². The molecular weight excluding hydrogens is 485 g/mol. The number of nitrogens with one attached hydrogen (secondary N) is 2. The van der Waals surface area contributed by atoms with E-state index < -0.39 is 21.8 Å². The van der Waals surface area contributed by atoms with Crippen LogP contribution in [0.2, 0.25) is 5.02 Å². The lowest BCUT2D eigenvalue weighted by Gasteiger charge is -2.27. The van der Waals surface area contributed by atoms with Crippen LogP contribution in [0.25, 0.3) is 0 Å². The van der Waals surface area contributed by atoms with E-state index in [9.17, 15) is 17.6 Å². The number of sulfonamides is 1. The van der Waals surface area contributed by atoms with Gasteiger partial charge in [-0.3, -0.25) is 9.52 Å². The molecule has 0 radical (unpaired) electrons. The van der Waals surface area contributed by atoms with Gasteiger partial charge < -0.3 is 15.0 Å². The summed E-state index contributed by atoms with van der Waals surface area (Å²) in [5.74, 6) is -1.48. The van der Waals surface area contributed by atoms with Gasteiger partial charge in [-0.25, -0.2) is 13.0 Å². The number of nitrogens with zero attached hydrogens (tertiary/aromatic N) is 3. The monoisotopic (exact) mass is 508 g/mol. The van der Waals surface area contributed by atoms with Crippen LogP contribution in [0.15, 0.2) is 42.2 Å². The number of halogens is 2. The van der Waals surface area contributed by atoms with Gasteiger partial charge in [0.1, 0.15) is 11.6 Å². The summed E-state index contributed by atoms with van der Waals surface area (Å²) in [6.07, 6.45) is 5.89. The van der Waals surface area contributed by atoms with E-state index in [2.05, 4.69) is 15.0 Å². The zero-order chi connectivity index (χ0) is 24.5. The molecule has 0 bridgehead atoms. The van der Waals surface area contributed by atoms with E-state index in [0.29, 0.717) is 43.4 Å². The molecule has 0 spiro atoms. The smallest absolute Gasteiger partial charge is 0.363 e. The predicted molar refractivity (Wildman–Crippen MR) is 129 cm³/mol. The molecule has 1 aromatic carbocycles. The molecule has 9 nitrogen and oxygen atoms in total. The summed E-state index contributed by atoms with van der Waals surface area (Å²) in [6.45, 7) is 4.26. The Bertz CT molecular complexity index is 1290. The van der Waals surface area contributed by atoms with E-state index >= 15 is 0 Å². The van der Waals surface area contributed by atoms with Gasteiger partial charge in [-0.05, 0) is 36.2 Å². The Morgan fingerprint density at radius 1 is 1.24 bits per heavy atom. The number of anilines is 3. The van der Waals surface area contributed by atoms with Gasteiger partial charge in [-0.2, -0.15) is 4.39 Å². The van der Waals surface area contributed by atoms with Crippen LogP contribution in [0.4, 0.5) is 27.3 Å². The van der Waals surface area contributed by atoms with Crippen LogP contribution >= 0.6 is 11.6 Å². The number of morpholine rings is 1. The van der Waals surface area contributed by atoms with Crippen LogP contribution in [0, 0.1) is 11.7 Å². The Balaban J connectivity index is 1.51. The number of allylic oxidation sites excluding steroid dienone is 1. The molecule has 2 aliphatic heterocycles. The maximum atomic E-state index is 14.9. The first kappa shape index (κ1) is 24.1. The lowest BCUT2D eigenvalue weighted by Crippen LogP contribution is -2.36. The molecule has 34 heavy (non-hydrogen) atoms. The Morgan fingerprint density at radius 3 is 2.62 bits per heavy atom. The number of carbonyl (C=O) groups is 1. The second kappa shape index (κ2) is 9.69. The zero-order valence-corrected chi connectivity index (χ0v) is 20.2. The number of hydrogen-bond donors (Lipinski definition) is 2. The molecule has 180 valence electrons. The molecular formula is C22H24ClFN5O4S+. The highest BCUT2D eigenvalue weighted by Crippen LogP contribution is 2.28. The number of hydrogen-bond acceptors (Lipinski definition) is 6. The van der Waals surface area contributed by atoms with Crippen LogP contribution in [0.5, 0.6) is 0 Å². The lowest BCUT2D eigenvalue weighted by molar-refractivity contribution is -0.382. The number of ether oxygens (including phenoxy) is 1. The van der Waals surface area contributed by atoms with Crippen molar-refractivity contribution in [3.8, 4) is 0 Å². The summed E-state index contributed by atoms with van der Waals surface area (Å²) < 4.78 is 47.1. The third kappa shape index (κ3) is 5.72. The van der Waals surface area contributed by atoms with Crippen molar-refractivity contribution in [2.24, 2.45) is 5.92 Å². The first-order valence-corrected chi connectivity index (χ1v) is 12.8. The van der Waals surface area contributed by atoms with E-state index in [1.165, 1.54) is 28.8 Å². The van der Waals surface area contributed by atoms with E-state index in [0.717, 1.165) is 6.26 Å². The fourth-order valence-electron chi connectivity index (χ4n) is 3.80. The Morgan fingerprint density at radius 2 is 1.94 bits per heavy atom. The summed E-state index contributed by atoms with van der Waals surface area (Å²) in [5.41, 5.74) is 1.87. The van der Waals surface area contributed by atoms with Gasteiger partial charge in [0.15, 0.2) is 6.20 Å². The summed E-state index contributed by atoms with van der Waals surface area (Å²) in [4.78, 5) is 19.2. The first-order chi connectivity index (χ1) is 16.1. The molecule has 1 atom stereocenters. The molecule has 2 aliphatic rings. The maximum Gasteiger partial charge on any atom is 0.363 e. The Labute approximate surface area is 201 Å². The molecule has 1 fully saturated rings. The SMILES string of the molecule is CC1=CC(C(=O)Nc2cc(Cl)cc(NS(C)(=O)=O)c2)C=[N+]1c1ncc(N2CCOCC2)cc1F. The molecule has 1 unspecified atom stereocenters. The van der Waals surface area contributed by atoms with Crippen LogP contribution < -0.4 is 14.9 Å². The van der Waals surface area contributed by atoms with Gasteiger partial charge >= 0.3 is 5.82 Å². The van der Waals surface area contributed by atoms with E-state index in [4.69, 9.17) is 16.3 Å². The molecule has 4 rings (SSSR count). The summed E-state index contributed by atoms with van der Waals surface area (Å²) in [6, 6.07) is 5.83. The van der Waals surface area contributed by atoms with Crippen molar-refractivity contribution in [2.45, 2.75) is 6.92 Å². The average Bonchev–Trinajstić information content (AvgIpc) is 3.14. The average molecular weight is 509 g/mol. The normalized spacial score (nSPS) is 18.4. The molecule has 2 N–H and O–H groups in total. The van der Waals surface area contributed by atoms with Crippen molar-refractivity contribution in [2.75, 3.05) is 47.5 Å². The van der Waals surface area contributed by atoms with Crippen molar-refractivity contribution in [1.82, 2.24) is 4.98 Å². The van der Waals surface area contributed by atoms with E-state index in [1.54, 1.807) is 25.4 Å². The minimum atomic E-state index is -3.51. The highest BCUT2D eigenvalue weighted by atomic mass is 35.5. The highest BCUT2D eigenvalue weighted by Gasteiger charge is 2.30. The molecule has 0 aliphatic carbocycles. The van der Waals surface area contributed by atoms with Crippen LogP contribution in [-0.4, -0.2) is 62.7 Å². The molecule has 2 aromatic rings. The Hall–Kier alpha value is -3.02. The molecule has 3 heterocycles. The summed E-state index contributed by atoms with van der Waals surface area (Å²) in [7, 11) is -3.51. The van der Waals surface area contributed by atoms with Gasteiger partial charge in [0, 0.05) is 29.9 Å². The standard InChI is InChI=1S/C22H23ClFN5O4S/c1-14-7-15(22(30)26-17-8-16(23)9-18(10-17)27-34(2,31)32)13-29(14)21-20(24)11-19(12-25-21)28-3-5-33-6-4-28/h7-13,15,27H,3-6H2,1-2H3/p+1. The maximum absolute atomic E-state index is 14.9. The number of carbonyl (C=O) groups excluding carboxylic acids is 1. The summed E-state index contributed by atoms with van der Waals surface area (Å²) in [5, 5.41) is 2.97. The van der Waals surface area contributed by atoms with Crippen LogP contribution in [0.3, 0.4) is 0 Å². The quantitative estimate of drug-likeness (QED) is 0.581. The molecule has 12 heteroatoms. The fourth-order valence-corrected chi connectivity index (χ4v) is 4.58. The highest BCUT2D eigenvalue weighted by molar-refractivity contribution is 7.92. The van der Waals surface area contributed by atoms with Crippen molar-refractivity contribution < 1.29 is 26.9 Å². The first-order valence-electron chi connectivity index (χ1n) is 10.5. The van der Waals surface area contributed by atoms with E-state index in [-0.39, 0.29) is 22.4 Å². The minimum absolute atomic E-state index is 0.100. The van der Waals surface area contributed by atoms with Crippen molar-refractivity contribution >= 4 is 56.6 Å². The minimum Gasteiger partial charge on any atom is -0.378 e. The number of pyridine rings is 1. The second-order valence-electron chi connectivity index (χ2n) is 8.04.